The molecule has 1 N–H and O–H groups in total. The van der Waals surface area contributed by atoms with E-state index in [9.17, 15) is 22.4 Å². The third-order valence-electron chi connectivity index (χ3n) is 5.28. The molecule has 34 heavy (non-hydrogen) atoms. The van der Waals surface area contributed by atoms with Crippen LogP contribution in [0.3, 0.4) is 0 Å². The molecule has 1 amide bonds. The number of hydrogen-bond donors (Lipinski definition) is 1. The third-order valence-corrected chi connectivity index (χ3v) is 6.21. The first-order valence-electron chi connectivity index (χ1n) is 10.5. The summed E-state index contributed by atoms with van der Waals surface area (Å²) >= 11 is 1.12. The third kappa shape index (κ3) is 5.96. The molecule has 2 heterocycles. The maximum Gasteiger partial charge on any atom is 0.418 e. The van der Waals surface area contributed by atoms with Crippen molar-refractivity contribution < 1.29 is 22.4 Å². The fourth-order valence-electron chi connectivity index (χ4n) is 3.59. The number of nitrogens with one attached hydrogen (secondary N) is 1. The molecule has 4 rings (SSSR count). The second-order valence-corrected chi connectivity index (χ2v) is 8.54. The number of aromatic nitrogens is 2. The molecule has 178 valence electrons. The molecule has 1 saturated heterocycles. The van der Waals surface area contributed by atoms with Gasteiger partial charge in [-0.15, -0.1) is 0 Å². The van der Waals surface area contributed by atoms with Gasteiger partial charge >= 0.3 is 6.18 Å². The highest BCUT2D eigenvalue weighted by Gasteiger charge is 2.33. The number of carbonyl (C=O) groups is 1. The van der Waals surface area contributed by atoms with Crippen molar-refractivity contribution in [2.24, 2.45) is 0 Å². The van der Waals surface area contributed by atoms with Crippen LogP contribution in [0.2, 0.25) is 0 Å². The lowest BCUT2D eigenvalue weighted by Crippen LogP contribution is -2.46. The number of amides is 1. The minimum absolute atomic E-state index is 0.0962. The molecule has 0 atom stereocenters. The van der Waals surface area contributed by atoms with Crippen LogP contribution in [0.1, 0.15) is 5.56 Å². The van der Waals surface area contributed by atoms with Gasteiger partial charge in [0.1, 0.15) is 23.0 Å². The van der Waals surface area contributed by atoms with Crippen LogP contribution in [0.5, 0.6) is 0 Å². The number of halogens is 4. The molecular formula is C23H21F4N5OS. The monoisotopic (exact) mass is 491 g/mol. The van der Waals surface area contributed by atoms with Crippen molar-refractivity contribution in [3.05, 3.63) is 72.3 Å². The van der Waals surface area contributed by atoms with Crippen LogP contribution in [0.4, 0.5) is 34.8 Å². The number of carbonyl (C=O) groups excluding carboxylic acids is 1. The van der Waals surface area contributed by atoms with Crippen molar-refractivity contribution in [2.75, 3.05) is 47.0 Å². The average Bonchev–Trinajstić information content (AvgIpc) is 2.83. The average molecular weight is 492 g/mol. The fourth-order valence-corrected chi connectivity index (χ4v) is 4.25. The Balaban J connectivity index is 1.32. The molecule has 0 bridgehead atoms. The summed E-state index contributed by atoms with van der Waals surface area (Å²) in [5, 5.41) is 2.87. The van der Waals surface area contributed by atoms with Crippen LogP contribution in [-0.4, -0.2) is 47.8 Å². The van der Waals surface area contributed by atoms with Crippen molar-refractivity contribution in [3.63, 3.8) is 0 Å². The standard InChI is InChI=1S/C23H21F4N5OS/c24-16-5-7-17(8-6-16)31-9-11-32(12-10-31)20-13-22(29-15-28-20)34-14-21(33)30-19-4-2-1-3-18(19)23(25,26)27/h1-8,13,15H,9-12,14H2,(H,30,33). The topological polar surface area (TPSA) is 61.4 Å². The zero-order chi connectivity index (χ0) is 24.1. The van der Waals surface area contributed by atoms with Gasteiger partial charge < -0.3 is 15.1 Å². The first kappa shape index (κ1) is 23.8. The molecule has 0 unspecified atom stereocenters. The summed E-state index contributed by atoms with van der Waals surface area (Å²) in [6.45, 7) is 2.87. The van der Waals surface area contributed by atoms with Gasteiger partial charge in [-0.1, -0.05) is 23.9 Å². The van der Waals surface area contributed by atoms with Crippen LogP contribution >= 0.6 is 11.8 Å². The van der Waals surface area contributed by atoms with Gasteiger partial charge in [-0.25, -0.2) is 14.4 Å². The predicted molar refractivity (Wildman–Crippen MR) is 124 cm³/mol. The Kier molecular flexibility index (Phi) is 7.20. The van der Waals surface area contributed by atoms with Gasteiger partial charge in [0.15, 0.2) is 0 Å². The van der Waals surface area contributed by atoms with E-state index in [2.05, 4.69) is 25.1 Å². The molecule has 0 aliphatic carbocycles. The molecule has 11 heteroatoms. The van der Waals surface area contributed by atoms with Crippen LogP contribution in [0.15, 0.2) is 66.0 Å². The highest BCUT2D eigenvalue weighted by atomic mass is 32.2. The number of thioether (sulfide) groups is 1. The van der Waals surface area contributed by atoms with E-state index in [0.29, 0.717) is 23.9 Å². The number of para-hydroxylation sites is 1. The number of benzene rings is 2. The number of alkyl halides is 3. The van der Waals surface area contributed by atoms with Gasteiger partial charge in [0.05, 0.1) is 17.0 Å². The lowest BCUT2D eigenvalue weighted by molar-refractivity contribution is -0.137. The van der Waals surface area contributed by atoms with Gasteiger partial charge in [0.25, 0.3) is 0 Å². The molecule has 0 radical (unpaired) electrons. The molecule has 1 fully saturated rings. The van der Waals surface area contributed by atoms with E-state index < -0.39 is 17.6 Å². The van der Waals surface area contributed by atoms with Crippen LogP contribution in [-0.2, 0) is 11.0 Å². The normalized spacial score (nSPS) is 14.2. The van der Waals surface area contributed by atoms with Gasteiger partial charge in [-0.05, 0) is 36.4 Å². The number of nitrogens with zero attached hydrogens (tertiary/aromatic N) is 4. The number of rotatable bonds is 6. The minimum Gasteiger partial charge on any atom is -0.368 e. The quantitative estimate of drug-likeness (QED) is 0.307. The summed E-state index contributed by atoms with van der Waals surface area (Å²) in [6.07, 6.45) is -3.15. The van der Waals surface area contributed by atoms with Crippen molar-refractivity contribution in [3.8, 4) is 0 Å². The van der Waals surface area contributed by atoms with E-state index in [1.54, 1.807) is 18.2 Å². The maximum absolute atomic E-state index is 13.1. The Labute approximate surface area is 198 Å². The van der Waals surface area contributed by atoms with Gasteiger partial charge in [0.2, 0.25) is 5.91 Å². The molecule has 0 spiro atoms. The Hall–Kier alpha value is -3.34. The highest BCUT2D eigenvalue weighted by Crippen LogP contribution is 2.34. The lowest BCUT2D eigenvalue weighted by atomic mass is 10.1. The summed E-state index contributed by atoms with van der Waals surface area (Å²) in [5.74, 6) is -0.221. The van der Waals surface area contributed by atoms with Crippen LogP contribution in [0.25, 0.3) is 0 Å². The van der Waals surface area contributed by atoms with Crippen LogP contribution in [0, 0.1) is 5.82 Å². The van der Waals surface area contributed by atoms with Crippen molar-refractivity contribution in [1.29, 1.82) is 0 Å². The molecule has 2 aromatic carbocycles. The lowest BCUT2D eigenvalue weighted by Gasteiger charge is -2.36. The Morgan fingerprint density at radius 3 is 2.35 bits per heavy atom. The molecule has 3 aromatic rings. The van der Waals surface area contributed by atoms with Crippen LogP contribution < -0.4 is 15.1 Å². The second-order valence-electron chi connectivity index (χ2n) is 7.55. The van der Waals surface area contributed by atoms with E-state index in [4.69, 9.17) is 0 Å². The largest absolute Gasteiger partial charge is 0.418 e. The predicted octanol–water partition coefficient (Wildman–Crippen LogP) is 4.69. The zero-order valence-electron chi connectivity index (χ0n) is 17.9. The number of piperazine rings is 1. The van der Waals surface area contributed by atoms with E-state index >= 15 is 0 Å². The summed E-state index contributed by atoms with van der Waals surface area (Å²) in [6, 6.07) is 13.0. The summed E-state index contributed by atoms with van der Waals surface area (Å²) in [7, 11) is 0. The SMILES string of the molecule is O=C(CSc1cc(N2CCN(c3ccc(F)cc3)CC2)ncn1)Nc1ccccc1C(F)(F)F. The van der Waals surface area contributed by atoms with E-state index in [1.807, 2.05) is 0 Å². The molecule has 1 aliphatic rings. The zero-order valence-corrected chi connectivity index (χ0v) is 18.7. The first-order valence-corrected chi connectivity index (χ1v) is 11.4. The van der Waals surface area contributed by atoms with Crippen molar-refractivity contribution in [2.45, 2.75) is 11.2 Å². The highest BCUT2D eigenvalue weighted by molar-refractivity contribution is 7.99. The van der Waals surface area contributed by atoms with E-state index in [-0.39, 0.29) is 17.3 Å². The molecular weight excluding hydrogens is 470 g/mol. The number of anilines is 3. The van der Waals surface area contributed by atoms with Gasteiger partial charge in [-0.2, -0.15) is 13.2 Å². The summed E-state index contributed by atoms with van der Waals surface area (Å²) in [5.41, 5.74) is -0.210. The molecule has 0 saturated carbocycles. The summed E-state index contributed by atoms with van der Waals surface area (Å²) < 4.78 is 52.5. The second kappa shape index (κ2) is 10.3. The Morgan fingerprint density at radius 1 is 0.971 bits per heavy atom. The maximum atomic E-state index is 13.1. The van der Waals surface area contributed by atoms with Gasteiger partial charge in [0, 0.05) is 37.9 Å². The molecule has 1 aliphatic heterocycles. The summed E-state index contributed by atoms with van der Waals surface area (Å²) in [4.78, 5) is 25.0. The van der Waals surface area contributed by atoms with Gasteiger partial charge in [-0.3, -0.25) is 4.79 Å². The molecule has 6 nitrogen and oxygen atoms in total. The van der Waals surface area contributed by atoms with E-state index in [0.717, 1.165) is 36.6 Å². The van der Waals surface area contributed by atoms with Crippen molar-refractivity contribution >= 4 is 34.9 Å². The molecule has 1 aromatic heterocycles. The fraction of sp³-hybridized carbons (Fsp3) is 0.261. The van der Waals surface area contributed by atoms with Crippen molar-refractivity contribution in [1.82, 2.24) is 9.97 Å². The minimum atomic E-state index is -4.56. The Morgan fingerprint density at radius 2 is 1.65 bits per heavy atom. The number of hydrogen-bond acceptors (Lipinski definition) is 6. The Bertz CT molecular complexity index is 1130. The first-order chi connectivity index (χ1) is 16.3. The van der Waals surface area contributed by atoms with E-state index in [1.165, 1.54) is 36.7 Å². The smallest absolute Gasteiger partial charge is 0.368 e.